The van der Waals surface area contributed by atoms with Gasteiger partial charge in [0.05, 0.1) is 6.42 Å². The molecule has 1 rings (SSSR count). The molecule has 5 nitrogen and oxygen atoms in total. The summed E-state index contributed by atoms with van der Waals surface area (Å²) in [6, 6.07) is 7.29. The molecule has 0 unspecified atom stereocenters. The topological polar surface area (TPSA) is 69.6 Å². The van der Waals surface area contributed by atoms with E-state index in [1.807, 2.05) is 38.1 Å². The molecule has 0 spiro atoms. The van der Waals surface area contributed by atoms with Gasteiger partial charge in [0.15, 0.2) is 0 Å². The first-order valence-corrected chi connectivity index (χ1v) is 9.69. The quantitative estimate of drug-likeness (QED) is 0.591. The number of benzene rings is 1. The van der Waals surface area contributed by atoms with Crippen molar-refractivity contribution in [3.8, 4) is 0 Å². The Labute approximate surface area is 157 Å². The number of aliphatic carboxylic acids is 1. The van der Waals surface area contributed by atoms with E-state index in [0.29, 0.717) is 17.9 Å². The largest absolute Gasteiger partial charge is 0.481 e. The average molecular weight is 363 g/mol. The van der Waals surface area contributed by atoms with Crippen molar-refractivity contribution >= 4 is 11.9 Å². The normalized spacial score (nSPS) is 12.4. The molecule has 5 heteroatoms. The van der Waals surface area contributed by atoms with Gasteiger partial charge in [0.25, 0.3) is 5.91 Å². The molecule has 0 radical (unpaired) electrons. The number of rotatable bonds is 12. The van der Waals surface area contributed by atoms with E-state index in [-0.39, 0.29) is 18.4 Å². The molecule has 0 heterocycles. The van der Waals surface area contributed by atoms with Gasteiger partial charge in [-0.15, -0.1) is 0 Å². The fraction of sp³-hybridized carbons (Fsp3) is 0.619. The molecule has 0 aromatic heterocycles. The third-order valence-corrected chi connectivity index (χ3v) is 4.21. The van der Waals surface area contributed by atoms with Gasteiger partial charge in [0.1, 0.15) is 0 Å². The zero-order valence-corrected chi connectivity index (χ0v) is 16.6. The number of hydrogen-bond acceptors (Lipinski definition) is 3. The molecule has 2 N–H and O–H groups in total. The second kappa shape index (κ2) is 11.7. The summed E-state index contributed by atoms with van der Waals surface area (Å²) in [5, 5.41) is 11.9. The Bertz CT molecular complexity index is 549. The molecule has 1 aromatic rings. The standard InChI is InChI=1S/C21H34N2O3/c1-5-11-23(12-6-2)15-17-7-9-18(10-8-17)21(26)22-19(13-16(3)4)14-20(24)25/h7-10,16,19H,5-6,11-15H2,1-4H3,(H,22,26)(H,24,25)/t19-/m0/s1. The van der Waals surface area contributed by atoms with E-state index in [1.54, 1.807) is 0 Å². The first-order chi connectivity index (χ1) is 12.3. The maximum Gasteiger partial charge on any atom is 0.305 e. The predicted octanol–water partition coefficient (Wildman–Crippen LogP) is 3.93. The van der Waals surface area contributed by atoms with E-state index in [0.717, 1.165) is 32.5 Å². The zero-order chi connectivity index (χ0) is 19.5. The van der Waals surface area contributed by atoms with E-state index >= 15 is 0 Å². The van der Waals surface area contributed by atoms with Crippen molar-refractivity contribution in [3.05, 3.63) is 35.4 Å². The number of carboxylic acids is 1. The third-order valence-electron chi connectivity index (χ3n) is 4.21. The molecule has 0 aliphatic rings. The molecule has 0 aliphatic heterocycles. The van der Waals surface area contributed by atoms with Gasteiger partial charge in [-0.2, -0.15) is 0 Å². The van der Waals surface area contributed by atoms with Gasteiger partial charge in [0, 0.05) is 18.2 Å². The molecular formula is C21H34N2O3. The number of nitrogens with one attached hydrogen (secondary N) is 1. The van der Waals surface area contributed by atoms with Gasteiger partial charge in [-0.05, 0) is 56.0 Å². The summed E-state index contributed by atoms with van der Waals surface area (Å²) in [5.41, 5.74) is 1.76. The monoisotopic (exact) mass is 362 g/mol. The van der Waals surface area contributed by atoms with Gasteiger partial charge in [0.2, 0.25) is 0 Å². The maximum atomic E-state index is 12.4. The van der Waals surface area contributed by atoms with Gasteiger partial charge in [-0.3, -0.25) is 14.5 Å². The Hall–Kier alpha value is -1.88. The Kier molecular flexibility index (Phi) is 9.96. The Morgan fingerprint density at radius 1 is 1.08 bits per heavy atom. The first-order valence-electron chi connectivity index (χ1n) is 9.69. The minimum atomic E-state index is -0.891. The van der Waals surface area contributed by atoms with E-state index in [1.165, 1.54) is 5.56 Å². The van der Waals surface area contributed by atoms with Crippen LogP contribution in [0.2, 0.25) is 0 Å². The summed E-state index contributed by atoms with van der Waals surface area (Å²) in [6.45, 7) is 11.4. The van der Waals surface area contributed by atoms with Crippen LogP contribution >= 0.6 is 0 Å². The highest BCUT2D eigenvalue weighted by Gasteiger charge is 2.18. The molecule has 146 valence electrons. The van der Waals surface area contributed by atoms with Crippen LogP contribution in [0.25, 0.3) is 0 Å². The maximum absolute atomic E-state index is 12.4. The number of hydrogen-bond donors (Lipinski definition) is 2. The molecule has 1 aromatic carbocycles. The van der Waals surface area contributed by atoms with Crippen LogP contribution in [0, 0.1) is 5.92 Å². The van der Waals surface area contributed by atoms with Crippen molar-refractivity contribution < 1.29 is 14.7 Å². The van der Waals surface area contributed by atoms with E-state index in [9.17, 15) is 9.59 Å². The third kappa shape index (κ3) is 8.48. The highest BCUT2D eigenvalue weighted by molar-refractivity contribution is 5.94. The summed E-state index contributed by atoms with van der Waals surface area (Å²) < 4.78 is 0. The van der Waals surface area contributed by atoms with Crippen LogP contribution in [0.3, 0.4) is 0 Å². The zero-order valence-electron chi connectivity index (χ0n) is 16.6. The lowest BCUT2D eigenvalue weighted by Gasteiger charge is -2.21. The molecule has 0 saturated heterocycles. The van der Waals surface area contributed by atoms with Crippen molar-refractivity contribution in [2.45, 2.75) is 66.0 Å². The van der Waals surface area contributed by atoms with Crippen LogP contribution < -0.4 is 5.32 Å². The van der Waals surface area contributed by atoms with E-state index < -0.39 is 5.97 Å². The van der Waals surface area contributed by atoms with Crippen molar-refractivity contribution in [1.82, 2.24) is 10.2 Å². The summed E-state index contributed by atoms with van der Waals surface area (Å²) in [6.07, 6.45) is 2.85. The molecule has 1 amide bonds. The van der Waals surface area contributed by atoms with Crippen LogP contribution in [0.5, 0.6) is 0 Å². The van der Waals surface area contributed by atoms with Crippen molar-refractivity contribution in [3.63, 3.8) is 0 Å². The lowest BCUT2D eigenvalue weighted by molar-refractivity contribution is -0.137. The Morgan fingerprint density at radius 2 is 1.65 bits per heavy atom. The van der Waals surface area contributed by atoms with Gasteiger partial charge < -0.3 is 10.4 Å². The molecule has 0 bridgehead atoms. The van der Waals surface area contributed by atoms with Crippen LogP contribution in [-0.4, -0.2) is 41.0 Å². The SMILES string of the molecule is CCCN(CCC)Cc1ccc(C(=O)N[C@H](CC(=O)O)CC(C)C)cc1. The van der Waals surface area contributed by atoms with Gasteiger partial charge in [-0.1, -0.05) is 39.8 Å². The number of nitrogens with zero attached hydrogens (tertiary/aromatic N) is 1. The second-order valence-corrected chi connectivity index (χ2v) is 7.37. The summed E-state index contributed by atoms with van der Waals surface area (Å²) in [7, 11) is 0. The second-order valence-electron chi connectivity index (χ2n) is 7.37. The molecule has 0 saturated carbocycles. The highest BCUT2D eigenvalue weighted by atomic mass is 16.4. The highest BCUT2D eigenvalue weighted by Crippen LogP contribution is 2.12. The van der Waals surface area contributed by atoms with Crippen LogP contribution in [0.15, 0.2) is 24.3 Å². The van der Waals surface area contributed by atoms with Crippen molar-refractivity contribution in [2.75, 3.05) is 13.1 Å². The van der Waals surface area contributed by atoms with Crippen LogP contribution in [0.4, 0.5) is 0 Å². The lowest BCUT2D eigenvalue weighted by Crippen LogP contribution is -2.37. The number of carbonyl (C=O) groups is 2. The minimum absolute atomic E-state index is 0.0506. The molecule has 26 heavy (non-hydrogen) atoms. The summed E-state index contributed by atoms with van der Waals surface area (Å²) in [5.74, 6) is -0.772. The number of carboxylic acid groups (broad SMARTS) is 1. The fourth-order valence-electron chi connectivity index (χ4n) is 3.16. The molecule has 1 atom stereocenters. The molecular weight excluding hydrogens is 328 g/mol. The van der Waals surface area contributed by atoms with Gasteiger partial charge >= 0.3 is 5.97 Å². The number of amides is 1. The van der Waals surface area contributed by atoms with E-state index in [4.69, 9.17) is 5.11 Å². The van der Waals surface area contributed by atoms with Crippen molar-refractivity contribution in [2.24, 2.45) is 5.92 Å². The molecule has 0 fully saturated rings. The Balaban J connectivity index is 2.70. The van der Waals surface area contributed by atoms with Crippen LogP contribution in [0.1, 0.15) is 69.3 Å². The van der Waals surface area contributed by atoms with Crippen molar-refractivity contribution in [1.29, 1.82) is 0 Å². The lowest BCUT2D eigenvalue weighted by atomic mass is 10.0. The number of carbonyl (C=O) groups excluding carboxylic acids is 1. The summed E-state index contributed by atoms with van der Waals surface area (Å²) in [4.78, 5) is 25.9. The molecule has 0 aliphatic carbocycles. The van der Waals surface area contributed by atoms with Crippen LogP contribution in [-0.2, 0) is 11.3 Å². The smallest absolute Gasteiger partial charge is 0.305 e. The predicted molar refractivity (Wildman–Crippen MR) is 105 cm³/mol. The first kappa shape index (κ1) is 22.2. The minimum Gasteiger partial charge on any atom is -0.481 e. The Morgan fingerprint density at radius 3 is 2.12 bits per heavy atom. The average Bonchev–Trinajstić information content (AvgIpc) is 2.54. The summed E-state index contributed by atoms with van der Waals surface area (Å²) >= 11 is 0. The van der Waals surface area contributed by atoms with E-state index in [2.05, 4.69) is 24.1 Å². The fourth-order valence-corrected chi connectivity index (χ4v) is 3.16. The van der Waals surface area contributed by atoms with Gasteiger partial charge in [-0.25, -0.2) is 0 Å².